The van der Waals surface area contributed by atoms with E-state index in [1.54, 1.807) is 0 Å². The van der Waals surface area contributed by atoms with Crippen molar-refractivity contribution in [3.63, 3.8) is 0 Å². The zero-order valence-corrected chi connectivity index (χ0v) is 36.3. The number of rotatable bonds is 17. The maximum Gasteiger partial charge on any atom is 0.306 e. The maximum absolute atomic E-state index is 13.0. The van der Waals surface area contributed by atoms with Crippen LogP contribution in [-0.2, 0) is 32.2 Å². The summed E-state index contributed by atoms with van der Waals surface area (Å²) in [6.07, 6.45) is 7.86. The lowest BCUT2D eigenvalue weighted by atomic mass is 9.95. The Kier molecular flexibility index (Phi) is 16.0. The first-order chi connectivity index (χ1) is 25.1. The van der Waals surface area contributed by atoms with E-state index in [1.807, 2.05) is 39.8 Å². The van der Waals surface area contributed by atoms with Gasteiger partial charge in [0.15, 0.2) is 23.0 Å². The summed E-state index contributed by atoms with van der Waals surface area (Å²) in [6, 6.07) is 14.3. The summed E-state index contributed by atoms with van der Waals surface area (Å²) in [5.41, 5.74) is 2.47. The molecule has 4 saturated heterocycles. The zero-order chi connectivity index (χ0) is 36.9. The lowest BCUT2D eigenvalue weighted by Crippen LogP contribution is -3.00. The van der Waals surface area contributed by atoms with E-state index in [0.29, 0.717) is 50.6 Å². The van der Waals surface area contributed by atoms with E-state index in [4.69, 9.17) is 28.4 Å². The van der Waals surface area contributed by atoms with Crippen LogP contribution in [0.15, 0.2) is 36.4 Å². The molecule has 4 aliphatic rings. The number of halogens is 2. The van der Waals surface area contributed by atoms with Gasteiger partial charge in [-0.05, 0) is 64.1 Å². The summed E-state index contributed by atoms with van der Waals surface area (Å²) in [4.78, 5) is 26.0. The molecule has 4 heterocycles. The highest BCUT2D eigenvalue weighted by atomic mass is 79.9. The number of carbonyl (C=O) groups excluding carboxylic acids is 2. The van der Waals surface area contributed by atoms with Gasteiger partial charge < -0.3 is 71.4 Å². The third-order valence-corrected chi connectivity index (χ3v) is 12.5. The summed E-state index contributed by atoms with van der Waals surface area (Å²) in [6.45, 7) is 12.1. The van der Waals surface area contributed by atoms with Crippen molar-refractivity contribution in [3.8, 4) is 23.0 Å². The number of carbonyl (C=O) groups is 2. The van der Waals surface area contributed by atoms with Gasteiger partial charge in [0.2, 0.25) is 0 Å². The second-order valence-electron chi connectivity index (χ2n) is 15.7. The SMILES string of the molecule is CCOc1ccc(C[N+]2(C)[C@@H]3CC[C@H]2CC(OC(=O)CCC(=O)OC2C[C@H]4CC[C@@H](C2)[N+]4(C)Cc2ccc(OCC)c(OCC)c2)C3)cc1OCC.[Br-].[Br-]. The molecule has 0 aliphatic carbocycles. The molecule has 10 nitrogen and oxygen atoms in total. The van der Waals surface area contributed by atoms with E-state index >= 15 is 0 Å². The summed E-state index contributed by atoms with van der Waals surface area (Å²) in [5, 5.41) is 0. The summed E-state index contributed by atoms with van der Waals surface area (Å²) < 4.78 is 37.3. The highest BCUT2D eigenvalue weighted by Crippen LogP contribution is 2.46. The number of nitrogens with zero attached hydrogens (tertiary/aromatic N) is 2. The van der Waals surface area contributed by atoms with Crippen molar-refractivity contribution in [1.29, 1.82) is 0 Å². The zero-order valence-electron chi connectivity index (χ0n) is 33.2. The Morgan fingerprint density at radius 1 is 0.537 bits per heavy atom. The van der Waals surface area contributed by atoms with Gasteiger partial charge in [-0.3, -0.25) is 9.59 Å². The van der Waals surface area contributed by atoms with Gasteiger partial charge >= 0.3 is 11.9 Å². The Morgan fingerprint density at radius 3 is 1.17 bits per heavy atom. The number of hydrogen-bond donors (Lipinski definition) is 0. The molecule has 2 aromatic carbocycles. The summed E-state index contributed by atoms with van der Waals surface area (Å²) in [5.74, 6) is 2.59. The minimum absolute atomic E-state index is 0. The molecule has 8 atom stereocenters. The van der Waals surface area contributed by atoms with Gasteiger partial charge in [-0.15, -0.1) is 0 Å². The highest BCUT2D eigenvalue weighted by molar-refractivity contribution is 5.77. The van der Waals surface area contributed by atoms with Crippen LogP contribution in [0.25, 0.3) is 0 Å². The first-order valence-corrected chi connectivity index (χ1v) is 19.9. The Balaban J connectivity index is 0.00000325. The summed E-state index contributed by atoms with van der Waals surface area (Å²) >= 11 is 0. The normalized spacial score (nSPS) is 29.3. The Labute approximate surface area is 343 Å². The number of hydrogen-bond acceptors (Lipinski definition) is 8. The summed E-state index contributed by atoms with van der Waals surface area (Å²) in [7, 11) is 4.70. The Morgan fingerprint density at radius 2 is 0.852 bits per heavy atom. The van der Waals surface area contributed by atoms with Crippen molar-refractivity contribution < 1.29 is 80.9 Å². The van der Waals surface area contributed by atoms with Crippen molar-refractivity contribution in [2.45, 2.75) is 141 Å². The van der Waals surface area contributed by atoms with Gasteiger partial charge in [0.1, 0.15) is 25.3 Å². The molecule has 4 fully saturated rings. The molecule has 4 unspecified atom stereocenters. The highest BCUT2D eigenvalue weighted by Gasteiger charge is 2.53. The minimum Gasteiger partial charge on any atom is -1.00 e. The smallest absolute Gasteiger partial charge is 0.306 e. The van der Waals surface area contributed by atoms with E-state index in [-0.39, 0.29) is 71.0 Å². The van der Waals surface area contributed by atoms with Gasteiger partial charge in [0.25, 0.3) is 0 Å². The van der Waals surface area contributed by atoms with Crippen LogP contribution < -0.4 is 52.9 Å². The van der Waals surface area contributed by atoms with E-state index < -0.39 is 0 Å². The molecule has 12 heteroatoms. The van der Waals surface area contributed by atoms with Crippen LogP contribution in [0.2, 0.25) is 0 Å². The number of ether oxygens (including phenoxy) is 6. The van der Waals surface area contributed by atoms with Gasteiger partial charge in [0, 0.05) is 62.5 Å². The van der Waals surface area contributed by atoms with Gasteiger partial charge in [-0.25, -0.2) is 0 Å². The van der Waals surface area contributed by atoms with Crippen LogP contribution >= 0.6 is 0 Å². The topological polar surface area (TPSA) is 89.5 Å². The number of esters is 2. The average Bonchev–Trinajstić information content (AvgIpc) is 3.34. The first kappa shape index (κ1) is 44.2. The molecule has 302 valence electrons. The van der Waals surface area contributed by atoms with Crippen molar-refractivity contribution in [2.24, 2.45) is 0 Å². The van der Waals surface area contributed by atoms with Crippen LogP contribution in [0.3, 0.4) is 0 Å². The second-order valence-corrected chi connectivity index (χ2v) is 15.7. The predicted octanol–water partition coefficient (Wildman–Crippen LogP) is 1.14. The molecule has 0 spiro atoms. The number of fused-ring (bicyclic) bond motifs is 4. The standard InChI is InChI=1S/C42H62N2O8.2BrH/c1-7-47-37-17-11-29(21-39(37)49-9-3)27-43(5)31-13-14-32(43)24-35(23-31)51-41(45)19-20-42(46)52-36-25-33-15-16-34(26-36)44(33,6)28-30-12-18-38(48-8-2)40(22-30)50-10-4;;/h11-12,17-18,21-22,31-36H,7-10,13-16,19-20,23-28H2,1-6H3;2*1H/q+2;;/p-2/t31-,32+,33-,34+,35?,36?,43?,44?;;. The largest absolute Gasteiger partial charge is 1.00 e. The molecule has 0 saturated carbocycles. The van der Waals surface area contributed by atoms with Crippen molar-refractivity contribution in [1.82, 2.24) is 0 Å². The fourth-order valence-corrected chi connectivity index (χ4v) is 9.96. The molecule has 6 rings (SSSR count). The molecule has 4 bridgehead atoms. The Hall–Kier alpha value is -2.54. The Bertz CT molecular complexity index is 1420. The van der Waals surface area contributed by atoms with Crippen molar-refractivity contribution >= 4 is 11.9 Å². The van der Waals surface area contributed by atoms with Crippen LogP contribution in [0.5, 0.6) is 23.0 Å². The van der Waals surface area contributed by atoms with Crippen molar-refractivity contribution in [2.75, 3.05) is 40.5 Å². The van der Waals surface area contributed by atoms with E-state index in [9.17, 15) is 9.59 Å². The molecular formula is C42H62Br2N2O8. The molecular weight excluding hydrogens is 820 g/mol. The van der Waals surface area contributed by atoms with E-state index in [2.05, 4.69) is 38.4 Å². The molecule has 54 heavy (non-hydrogen) atoms. The number of piperidine rings is 2. The van der Waals surface area contributed by atoms with Gasteiger partial charge in [-0.2, -0.15) is 0 Å². The maximum atomic E-state index is 13.0. The van der Waals surface area contributed by atoms with Gasteiger partial charge in [0.05, 0.1) is 77.5 Å². The molecule has 2 aromatic rings. The van der Waals surface area contributed by atoms with Crippen molar-refractivity contribution in [3.05, 3.63) is 47.5 Å². The van der Waals surface area contributed by atoms with E-state index in [0.717, 1.165) is 96.4 Å². The van der Waals surface area contributed by atoms with Crippen LogP contribution in [-0.4, -0.2) is 97.8 Å². The van der Waals surface area contributed by atoms with Crippen LogP contribution in [0.1, 0.15) is 103 Å². The predicted molar refractivity (Wildman–Crippen MR) is 198 cm³/mol. The first-order valence-electron chi connectivity index (χ1n) is 19.9. The minimum atomic E-state index is -0.292. The molecule has 4 aliphatic heterocycles. The van der Waals surface area contributed by atoms with Crippen LogP contribution in [0, 0.1) is 0 Å². The van der Waals surface area contributed by atoms with Gasteiger partial charge in [-0.1, -0.05) is 0 Å². The number of benzene rings is 2. The lowest BCUT2D eigenvalue weighted by Gasteiger charge is -2.47. The number of quaternary nitrogens is 2. The molecule has 0 radical (unpaired) electrons. The molecule has 0 aromatic heterocycles. The average molecular weight is 883 g/mol. The molecule has 0 amide bonds. The lowest BCUT2D eigenvalue weighted by molar-refractivity contribution is -0.961. The molecule has 0 N–H and O–H groups in total. The monoisotopic (exact) mass is 880 g/mol. The fourth-order valence-electron chi connectivity index (χ4n) is 9.96. The quantitative estimate of drug-likeness (QED) is 0.173. The van der Waals surface area contributed by atoms with Crippen LogP contribution in [0.4, 0.5) is 0 Å². The third kappa shape index (κ3) is 9.87. The fraction of sp³-hybridized carbons (Fsp3) is 0.667. The van der Waals surface area contributed by atoms with E-state index in [1.165, 1.54) is 11.1 Å². The second kappa shape index (κ2) is 19.6. The third-order valence-electron chi connectivity index (χ3n) is 12.5.